The average Bonchev–Trinajstić information content (AvgIpc) is 3.55. The van der Waals surface area contributed by atoms with Crippen LogP contribution < -0.4 is 4.90 Å². The van der Waals surface area contributed by atoms with Gasteiger partial charge in [-0.15, -0.1) is 5.92 Å². The molecule has 0 amide bonds. The van der Waals surface area contributed by atoms with Gasteiger partial charge < -0.3 is 10.0 Å². The minimum absolute atomic E-state index is 0.199. The maximum Gasteiger partial charge on any atom is 0.156 e. The van der Waals surface area contributed by atoms with Gasteiger partial charge in [-0.05, 0) is 91.7 Å². The van der Waals surface area contributed by atoms with Crippen LogP contribution in [0.1, 0.15) is 63.9 Å². The molecule has 0 aliphatic heterocycles. The minimum atomic E-state index is -0.881. The van der Waals surface area contributed by atoms with E-state index in [0.29, 0.717) is 30.1 Å². The van der Waals surface area contributed by atoms with Gasteiger partial charge in [0.05, 0.1) is 0 Å². The van der Waals surface area contributed by atoms with Gasteiger partial charge in [-0.1, -0.05) is 30.6 Å². The van der Waals surface area contributed by atoms with E-state index in [9.17, 15) is 9.90 Å². The summed E-state index contributed by atoms with van der Waals surface area (Å²) in [5.74, 6) is 8.90. The van der Waals surface area contributed by atoms with Crippen molar-refractivity contribution in [3.05, 3.63) is 52.6 Å². The third-order valence-corrected chi connectivity index (χ3v) is 9.83. The number of aliphatic hydroxyl groups is 1. The van der Waals surface area contributed by atoms with Crippen molar-refractivity contribution in [2.75, 3.05) is 19.0 Å². The molecule has 5 aliphatic carbocycles. The molecule has 3 heteroatoms. The summed E-state index contributed by atoms with van der Waals surface area (Å²) < 4.78 is 0. The van der Waals surface area contributed by atoms with E-state index in [1.165, 1.54) is 22.4 Å². The molecular formula is C30H35NO2. The van der Waals surface area contributed by atoms with Crippen molar-refractivity contribution in [3.63, 3.8) is 0 Å². The molecule has 5 aliphatic rings. The Labute approximate surface area is 197 Å². The van der Waals surface area contributed by atoms with Crippen LogP contribution in [-0.2, 0) is 4.79 Å². The van der Waals surface area contributed by atoms with Crippen molar-refractivity contribution < 1.29 is 9.90 Å². The molecule has 1 aromatic rings. The highest BCUT2D eigenvalue weighted by Crippen LogP contribution is 2.76. The normalized spacial score (nSPS) is 40.6. The lowest BCUT2D eigenvalue weighted by Gasteiger charge is -2.55. The number of anilines is 1. The standard InChI is InChI=1S/C30H35NO2/c1-5-14-30(33)26-16-24(26)28-23-12-8-19-15-21(32)11-13-22(19)27(23)25(17-29(28,30)2)18-6-9-20(10-7-18)31(3)4/h6-7,9-10,15,23-26,28,33H,8,11-13,16-17H2,1-4H3/t23-,24-,25-,26+,28-,29+,30+/m1/s1. The van der Waals surface area contributed by atoms with Crippen molar-refractivity contribution in [1.82, 2.24) is 0 Å². The van der Waals surface area contributed by atoms with Crippen LogP contribution in [0.15, 0.2) is 47.1 Å². The second kappa shape index (κ2) is 7.09. The predicted octanol–water partition coefficient (Wildman–Crippen LogP) is 5.26. The number of carbonyl (C=O) groups is 1. The lowest BCUT2D eigenvalue weighted by atomic mass is 9.49. The van der Waals surface area contributed by atoms with E-state index in [4.69, 9.17) is 0 Å². The van der Waals surface area contributed by atoms with E-state index in [2.05, 4.69) is 62.0 Å². The molecule has 7 atom stereocenters. The van der Waals surface area contributed by atoms with Gasteiger partial charge in [0.15, 0.2) is 5.78 Å². The summed E-state index contributed by atoms with van der Waals surface area (Å²) >= 11 is 0. The van der Waals surface area contributed by atoms with E-state index >= 15 is 0 Å². The zero-order valence-corrected chi connectivity index (χ0v) is 20.3. The fourth-order valence-electron chi connectivity index (χ4n) is 8.39. The summed E-state index contributed by atoms with van der Waals surface area (Å²) in [6.07, 6.45) is 7.63. The topological polar surface area (TPSA) is 40.5 Å². The summed E-state index contributed by atoms with van der Waals surface area (Å²) in [6.45, 7) is 4.21. The molecule has 0 heterocycles. The summed E-state index contributed by atoms with van der Waals surface area (Å²) in [5, 5.41) is 12.0. The van der Waals surface area contributed by atoms with Gasteiger partial charge in [-0.2, -0.15) is 0 Å². The Morgan fingerprint density at radius 3 is 2.58 bits per heavy atom. The maximum absolute atomic E-state index is 12.2. The van der Waals surface area contributed by atoms with Crippen molar-refractivity contribution in [2.45, 2.75) is 63.9 Å². The Balaban J connectivity index is 1.53. The smallest absolute Gasteiger partial charge is 0.156 e. The van der Waals surface area contributed by atoms with Gasteiger partial charge in [0.25, 0.3) is 0 Å². The molecule has 0 bridgehead atoms. The fourth-order valence-corrected chi connectivity index (χ4v) is 8.39. The molecule has 172 valence electrons. The number of fused-ring (bicyclic) bond motifs is 6. The highest BCUT2D eigenvalue weighted by atomic mass is 16.3. The third kappa shape index (κ3) is 2.83. The molecule has 1 aromatic carbocycles. The molecule has 3 saturated carbocycles. The Bertz CT molecular complexity index is 1150. The molecule has 0 radical (unpaired) electrons. The van der Waals surface area contributed by atoms with E-state index < -0.39 is 5.60 Å². The highest BCUT2D eigenvalue weighted by Gasteiger charge is 2.75. The number of hydrogen-bond donors (Lipinski definition) is 1. The van der Waals surface area contributed by atoms with Crippen LogP contribution in [0.25, 0.3) is 0 Å². The molecule has 3 nitrogen and oxygen atoms in total. The lowest BCUT2D eigenvalue weighted by molar-refractivity contribution is -0.114. The number of ketones is 1. The number of nitrogens with zero attached hydrogens (tertiary/aromatic N) is 1. The zero-order valence-electron chi connectivity index (χ0n) is 20.3. The quantitative estimate of drug-likeness (QED) is 0.636. The first-order valence-corrected chi connectivity index (χ1v) is 12.7. The largest absolute Gasteiger partial charge is 0.378 e. The predicted molar refractivity (Wildman–Crippen MR) is 132 cm³/mol. The number of carbonyl (C=O) groups excluding carboxylic acids is 1. The van der Waals surface area contributed by atoms with Crippen LogP contribution in [0.4, 0.5) is 5.69 Å². The fraction of sp³-hybridized carbons (Fsp3) is 0.567. The molecular weight excluding hydrogens is 406 g/mol. The van der Waals surface area contributed by atoms with Crippen LogP contribution >= 0.6 is 0 Å². The van der Waals surface area contributed by atoms with E-state index in [0.717, 1.165) is 32.1 Å². The average molecular weight is 442 g/mol. The van der Waals surface area contributed by atoms with Gasteiger partial charge in [0, 0.05) is 43.5 Å². The molecule has 0 saturated heterocycles. The van der Waals surface area contributed by atoms with Crippen LogP contribution in [0.5, 0.6) is 0 Å². The van der Waals surface area contributed by atoms with Crippen LogP contribution in [0, 0.1) is 40.9 Å². The van der Waals surface area contributed by atoms with Gasteiger partial charge in [0.2, 0.25) is 0 Å². The highest BCUT2D eigenvalue weighted by molar-refractivity contribution is 5.93. The Hall–Kier alpha value is -2.31. The number of rotatable bonds is 2. The first-order valence-electron chi connectivity index (χ1n) is 12.7. The lowest BCUT2D eigenvalue weighted by Crippen LogP contribution is -2.53. The van der Waals surface area contributed by atoms with Crippen molar-refractivity contribution in [2.24, 2.45) is 29.1 Å². The zero-order chi connectivity index (χ0) is 23.1. The second-order valence-electron chi connectivity index (χ2n) is 11.5. The summed E-state index contributed by atoms with van der Waals surface area (Å²) in [7, 11) is 4.15. The number of allylic oxidation sites excluding steroid dienone is 4. The van der Waals surface area contributed by atoms with Crippen LogP contribution in [0.2, 0.25) is 0 Å². The van der Waals surface area contributed by atoms with Crippen molar-refractivity contribution >= 4 is 11.5 Å². The molecule has 0 unspecified atom stereocenters. The first kappa shape index (κ1) is 21.2. The van der Waals surface area contributed by atoms with E-state index in [1.54, 1.807) is 5.57 Å². The Morgan fingerprint density at radius 2 is 1.88 bits per heavy atom. The molecule has 0 spiro atoms. The summed E-state index contributed by atoms with van der Waals surface area (Å²) in [5.41, 5.74) is 5.84. The van der Waals surface area contributed by atoms with Gasteiger partial charge in [-0.3, -0.25) is 4.79 Å². The van der Waals surface area contributed by atoms with Crippen LogP contribution in [-0.4, -0.2) is 30.6 Å². The maximum atomic E-state index is 12.2. The SMILES string of the molecule is CC#C[C@]1(O)[C@H]2C[C@H]2[C@H]2[C@@H]3CCC4=CC(=O)CCC4=C3[C@@H](c3ccc(N(C)C)cc3)C[C@@]21C. The van der Waals surface area contributed by atoms with Crippen molar-refractivity contribution in [1.29, 1.82) is 0 Å². The van der Waals surface area contributed by atoms with Gasteiger partial charge >= 0.3 is 0 Å². The van der Waals surface area contributed by atoms with Crippen molar-refractivity contribution in [3.8, 4) is 11.8 Å². The summed E-state index contributed by atoms with van der Waals surface area (Å²) in [4.78, 5) is 14.4. The Kier molecular flexibility index (Phi) is 4.57. The minimum Gasteiger partial charge on any atom is -0.378 e. The second-order valence-corrected chi connectivity index (χ2v) is 11.5. The monoisotopic (exact) mass is 441 g/mol. The summed E-state index contributed by atoms with van der Waals surface area (Å²) in [6, 6.07) is 9.03. The van der Waals surface area contributed by atoms with Gasteiger partial charge in [0.1, 0.15) is 5.60 Å². The number of benzene rings is 1. The van der Waals surface area contributed by atoms with E-state index in [-0.39, 0.29) is 17.1 Å². The van der Waals surface area contributed by atoms with E-state index in [1.807, 2.05) is 13.0 Å². The first-order chi connectivity index (χ1) is 15.8. The third-order valence-electron chi connectivity index (χ3n) is 9.83. The molecule has 3 fully saturated rings. The molecule has 6 rings (SSSR count). The molecule has 0 aromatic heterocycles. The molecule has 33 heavy (non-hydrogen) atoms. The number of hydrogen-bond acceptors (Lipinski definition) is 3. The Morgan fingerprint density at radius 1 is 1.12 bits per heavy atom. The molecule has 1 N–H and O–H groups in total. The van der Waals surface area contributed by atoms with Gasteiger partial charge in [-0.25, -0.2) is 0 Å². The van der Waals surface area contributed by atoms with Crippen LogP contribution in [0.3, 0.4) is 0 Å².